The predicted octanol–water partition coefficient (Wildman–Crippen LogP) is 3.35. The van der Waals surface area contributed by atoms with Gasteiger partial charge in [-0.05, 0) is 25.8 Å². The molecule has 11 heteroatoms. The van der Waals surface area contributed by atoms with E-state index in [9.17, 15) is 14.4 Å². The molecule has 1 amide bonds. The van der Waals surface area contributed by atoms with Crippen molar-refractivity contribution >= 4 is 23.2 Å². The van der Waals surface area contributed by atoms with Crippen LogP contribution in [0.25, 0.3) is 28.0 Å². The molecule has 1 saturated heterocycles. The highest BCUT2D eigenvalue weighted by molar-refractivity contribution is 6.00. The van der Waals surface area contributed by atoms with Crippen LogP contribution in [0.4, 0.5) is 5.82 Å². The lowest BCUT2D eigenvalue weighted by Gasteiger charge is -2.32. The Morgan fingerprint density at radius 1 is 1.00 bits per heavy atom. The van der Waals surface area contributed by atoms with Crippen LogP contribution in [-0.2, 0) is 0 Å². The summed E-state index contributed by atoms with van der Waals surface area (Å²) in [6.07, 6.45) is 7.33. The molecule has 0 spiro atoms. The van der Waals surface area contributed by atoms with Gasteiger partial charge in [0.1, 0.15) is 5.82 Å². The van der Waals surface area contributed by atoms with Gasteiger partial charge in [0.05, 0.1) is 23.1 Å². The number of fused-ring (bicyclic) bond motifs is 1. The smallest absolute Gasteiger partial charge is 0.279 e. The van der Waals surface area contributed by atoms with Crippen molar-refractivity contribution in [3.63, 3.8) is 0 Å². The Morgan fingerprint density at radius 2 is 1.77 bits per heavy atom. The standard InChI is InChI=1S/C29H26N8O3/c1-17(38)23-24(19-9-13-36(14-10-19)29(40)25-28(39)32-12-11-31-25)35-27-21(16-34-37(27)26(23)30)20-7-8-22(33-15-20)18-5-3-2-4-6-18/h2-8,11-12,15-16,19H,9-10,13-14,30H2,1H3,(H,32,39). The molecule has 0 atom stereocenters. The van der Waals surface area contributed by atoms with E-state index in [2.05, 4.69) is 20.1 Å². The van der Waals surface area contributed by atoms with Gasteiger partial charge in [-0.1, -0.05) is 36.4 Å². The Morgan fingerprint density at radius 3 is 2.45 bits per heavy atom. The second kappa shape index (κ2) is 10.2. The van der Waals surface area contributed by atoms with E-state index < -0.39 is 11.5 Å². The molecule has 1 aromatic carbocycles. The molecule has 5 aromatic rings. The highest BCUT2D eigenvalue weighted by atomic mass is 16.2. The molecule has 0 radical (unpaired) electrons. The minimum Gasteiger partial charge on any atom is -0.383 e. The number of H-pyrrole nitrogens is 1. The minimum absolute atomic E-state index is 0.112. The number of nitrogens with zero attached hydrogens (tertiary/aromatic N) is 6. The quantitative estimate of drug-likeness (QED) is 0.326. The van der Waals surface area contributed by atoms with E-state index in [-0.39, 0.29) is 23.2 Å². The Balaban J connectivity index is 1.32. The fourth-order valence-electron chi connectivity index (χ4n) is 5.24. The fraction of sp³-hybridized carbons (Fsp3) is 0.207. The number of carbonyl (C=O) groups is 2. The molecule has 1 aliphatic heterocycles. The Bertz CT molecular complexity index is 1790. The summed E-state index contributed by atoms with van der Waals surface area (Å²) in [6.45, 7) is 2.24. The number of hydrogen-bond donors (Lipinski definition) is 2. The lowest BCUT2D eigenvalue weighted by atomic mass is 9.89. The number of aromatic amines is 1. The molecule has 40 heavy (non-hydrogen) atoms. The molecular weight excluding hydrogens is 508 g/mol. The Hall–Kier alpha value is -5.19. The lowest BCUT2D eigenvalue weighted by molar-refractivity contribution is 0.0703. The van der Waals surface area contributed by atoms with Crippen LogP contribution < -0.4 is 11.3 Å². The first-order valence-corrected chi connectivity index (χ1v) is 12.9. The minimum atomic E-state index is -0.520. The summed E-state index contributed by atoms with van der Waals surface area (Å²) in [5, 5.41) is 4.44. The summed E-state index contributed by atoms with van der Waals surface area (Å²) in [4.78, 5) is 55.3. The van der Waals surface area contributed by atoms with Crippen LogP contribution >= 0.6 is 0 Å². The number of piperidine rings is 1. The number of Topliss-reactive ketones (excluding diaryl/α,β-unsaturated/α-hetero) is 1. The molecule has 1 fully saturated rings. The molecule has 5 heterocycles. The van der Waals surface area contributed by atoms with Gasteiger partial charge in [0.15, 0.2) is 17.1 Å². The molecular formula is C29H26N8O3. The molecule has 4 aromatic heterocycles. The van der Waals surface area contributed by atoms with Crippen LogP contribution in [-0.4, -0.2) is 59.2 Å². The van der Waals surface area contributed by atoms with Crippen molar-refractivity contribution < 1.29 is 9.59 Å². The first-order chi connectivity index (χ1) is 19.4. The number of nitrogen functional groups attached to an aromatic ring is 1. The van der Waals surface area contributed by atoms with Gasteiger partial charge < -0.3 is 15.6 Å². The number of aromatic nitrogens is 6. The summed E-state index contributed by atoms with van der Waals surface area (Å²) in [7, 11) is 0. The van der Waals surface area contributed by atoms with Crippen molar-refractivity contribution in [1.29, 1.82) is 0 Å². The van der Waals surface area contributed by atoms with E-state index in [1.54, 1.807) is 17.3 Å². The van der Waals surface area contributed by atoms with Crippen molar-refractivity contribution in [2.45, 2.75) is 25.7 Å². The van der Waals surface area contributed by atoms with E-state index in [0.717, 1.165) is 22.4 Å². The maximum Gasteiger partial charge on any atom is 0.279 e. The van der Waals surface area contributed by atoms with E-state index in [4.69, 9.17) is 10.7 Å². The molecule has 1 aliphatic rings. The Labute approximate surface area is 228 Å². The first kappa shape index (κ1) is 25.1. The molecule has 6 rings (SSSR count). The van der Waals surface area contributed by atoms with Crippen molar-refractivity contribution in [3.8, 4) is 22.4 Å². The molecule has 0 bridgehead atoms. The summed E-state index contributed by atoms with van der Waals surface area (Å²) in [6, 6.07) is 13.8. The average molecular weight is 535 g/mol. The number of hydrogen-bond acceptors (Lipinski definition) is 8. The molecule has 0 aliphatic carbocycles. The summed E-state index contributed by atoms with van der Waals surface area (Å²) in [5.41, 5.74) is 10.7. The van der Waals surface area contributed by atoms with Crippen molar-refractivity contribution in [3.05, 3.63) is 94.6 Å². The SMILES string of the molecule is CC(=O)c1c(C2CCN(C(=O)c3ncc[nH]c3=O)CC2)nc2c(-c3ccc(-c4ccccc4)nc3)cnn2c1N. The van der Waals surface area contributed by atoms with Crippen molar-refractivity contribution in [1.82, 2.24) is 34.4 Å². The van der Waals surface area contributed by atoms with Gasteiger partial charge in [0, 0.05) is 54.3 Å². The topological polar surface area (TPSA) is 152 Å². The predicted molar refractivity (Wildman–Crippen MR) is 149 cm³/mol. The second-order valence-corrected chi connectivity index (χ2v) is 9.74. The number of benzene rings is 1. The zero-order chi connectivity index (χ0) is 27.8. The van der Waals surface area contributed by atoms with Crippen molar-refractivity contribution in [2.75, 3.05) is 18.8 Å². The number of rotatable bonds is 5. The van der Waals surface area contributed by atoms with Gasteiger partial charge in [-0.3, -0.25) is 19.4 Å². The van der Waals surface area contributed by atoms with Crippen LogP contribution in [0.2, 0.25) is 0 Å². The maximum absolute atomic E-state index is 12.9. The highest BCUT2D eigenvalue weighted by Crippen LogP contribution is 2.35. The van der Waals surface area contributed by atoms with E-state index in [1.165, 1.54) is 23.8 Å². The van der Waals surface area contributed by atoms with Crippen LogP contribution in [0.3, 0.4) is 0 Å². The molecule has 11 nitrogen and oxygen atoms in total. The highest BCUT2D eigenvalue weighted by Gasteiger charge is 2.31. The summed E-state index contributed by atoms with van der Waals surface area (Å²) in [5.74, 6) is -0.504. The zero-order valence-corrected chi connectivity index (χ0v) is 21.7. The third kappa shape index (κ3) is 4.41. The zero-order valence-electron chi connectivity index (χ0n) is 21.7. The maximum atomic E-state index is 12.9. The fourth-order valence-corrected chi connectivity index (χ4v) is 5.24. The van der Waals surface area contributed by atoms with E-state index in [0.29, 0.717) is 42.8 Å². The van der Waals surface area contributed by atoms with Crippen LogP contribution in [0.15, 0.2) is 72.0 Å². The number of nitrogens with one attached hydrogen (secondary N) is 1. The van der Waals surface area contributed by atoms with Gasteiger partial charge >= 0.3 is 0 Å². The largest absolute Gasteiger partial charge is 0.383 e. The normalized spacial score (nSPS) is 14.0. The number of anilines is 1. The van der Waals surface area contributed by atoms with E-state index in [1.807, 2.05) is 42.5 Å². The van der Waals surface area contributed by atoms with E-state index >= 15 is 0 Å². The molecule has 0 saturated carbocycles. The van der Waals surface area contributed by atoms with Crippen molar-refractivity contribution in [2.24, 2.45) is 0 Å². The van der Waals surface area contributed by atoms with Crippen LogP contribution in [0, 0.1) is 0 Å². The molecule has 200 valence electrons. The molecule has 0 unspecified atom stereocenters. The van der Waals surface area contributed by atoms with Crippen LogP contribution in [0.5, 0.6) is 0 Å². The third-order valence-corrected chi connectivity index (χ3v) is 7.29. The van der Waals surface area contributed by atoms with Gasteiger partial charge in [0.25, 0.3) is 11.5 Å². The van der Waals surface area contributed by atoms with Gasteiger partial charge in [-0.2, -0.15) is 9.61 Å². The first-order valence-electron chi connectivity index (χ1n) is 12.9. The summed E-state index contributed by atoms with van der Waals surface area (Å²) >= 11 is 0. The second-order valence-electron chi connectivity index (χ2n) is 9.74. The summed E-state index contributed by atoms with van der Waals surface area (Å²) < 4.78 is 1.49. The van der Waals surface area contributed by atoms with Gasteiger partial charge in [-0.15, -0.1) is 0 Å². The molecule has 3 N–H and O–H groups in total. The number of carbonyl (C=O) groups excluding carboxylic acids is 2. The monoisotopic (exact) mass is 534 g/mol. The number of likely N-dealkylation sites (tertiary alicyclic amines) is 1. The Kier molecular flexibility index (Phi) is 6.39. The van der Waals surface area contributed by atoms with Gasteiger partial charge in [0.2, 0.25) is 0 Å². The van der Waals surface area contributed by atoms with Crippen LogP contribution in [0.1, 0.15) is 52.2 Å². The number of ketones is 1. The third-order valence-electron chi connectivity index (χ3n) is 7.29. The lowest BCUT2D eigenvalue weighted by Crippen LogP contribution is -2.41. The average Bonchev–Trinajstić information content (AvgIpc) is 3.42. The van der Waals surface area contributed by atoms with Gasteiger partial charge in [-0.25, -0.2) is 9.97 Å². The number of nitrogens with two attached hydrogens (primary N) is 1. The number of pyridine rings is 1. The number of amides is 1.